The van der Waals surface area contributed by atoms with E-state index in [2.05, 4.69) is 4.98 Å². The standard InChI is InChI=1S/C8H10FN3O3S.HO2P/c9-4-1-12(8(14)11-7(4)10)5-3-16-6(2-13)15-5;1-3-2/h1,5-6,13H,2-3H2,(H2,10,11,14);(H,1,2)/t5-,6+;/m0./s1. The molecule has 1 saturated heterocycles. The summed E-state index contributed by atoms with van der Waals surface area (Å²) in [5.74, 6) is -0.734. The fourth-order valence-electron chi connectivity index (χ4n) is 1.35. The molecule has 11 heteroatoms. The summed E-state index contributed by atoms with van der Waals surface area (Å²) < 4.78 is 27.9. The van der Waals surface area contributed by atoms with E-state index in [0.717, 1.165) is 10.8 Å². The molecule has 0 amide bonds. The quantitative estimate of drug-likeness (QED) is 0.637. The van der Waals surface area contributed by atoms with Crippen LogP contribution in [0.25, 0.3) is 0 Å². The van der Waals surface area contributed by atoms with Gasteiger partial charge < -0.3 is 20.5 Å². The van der Waals surface area contributed by atoms with Crippen LogP contribution in [0, 0.1) is 5.82 Å². The third kappa shape index (κ3) is 4.22. The third-order valence-electron chi connectivity index (χ3n) is 2.13. The maximum atomic E-state index is 13.1. The minimum Gasteiger partial charge on any atom is -0.393 e. The Hall–Kier alpha value is -1.06. The van der Waals surface area contributed by atoms with Crippen LogP contribution >= 0.6 is 20.4 Å². The third-order valence-corrected chi connectivity index (χ3v) is 3.24. The van der Waals surface area contributed by atoms with Gasteiger partial charge in [0.2, 0.25) is 0 Å². The minimum absolute atomic E-state index is 0.152. The molecule has 2 heterocycles. The average Bonchev–Trinajstić information content (AvgIpc) is 2.83. The highest BCUT2D eigenvalue weighted by Gasteiger charge is 2.27. The lowest BCUT2D eigenvalue weighted by atomic mass is 10.5. The van der Waals surface area contributed by atoms with E-state index in [1.54, 1.807) is 0 Å². The van der Waals surface area contributed by atoms with Crippen molar-refractivity contribution in [2.45, 2.75) is 11.7 Å². The highest BCUT2D eigenvalue weighted by Crippen LogP contribution is 2.30. The fourth-order valence-corrected chi connectivity index (χ4v) is 2.28. The van der Waals surface area contributed by atoms with E-state index in [9.17, 15) is 9.18 Å². The average molecular weight is 311 g/mol. The van der Waals surface area contributed by atoms with Crippen LogP contribution in [0.15, 0.2) is 11.0 Å². The molecule has 19 heavy (non-hydrogen) atoms. The van der Waals surface area contributed by atoms with Gasteiger partial charge in [-0.1, -0.05) is 0 Å². The van der Waals surface area contributed by atoms with Crippen molar-refractivity contribution in [1.82, 2.24) is 9.55 Å². The highest BCUT2D eigenvalue weighted by atomic mass is 32.2. The first-order chi connectivity index (χ1) is 9.03. The van der Waals surface area contributed by atoms with Gasteiger partial charge in [-0.05, 0) is 0 Å². The molecule has 8 nitrogen and oxygen atoms in total. The number of hydrogen-bond donors (Lipinski definition) is 3. The molecule has 0 spiro atoms. The molecular formula is C8H11FN3O5PS. The van der Waals surface area contributed by atoms with Crippen LogP contribution in [-0.2, 0) is 9.30 Å². The number of thioether (sulfide) groups is 1. The Bertz CT molecular complexity index is 502. The molecule has 1 aromatic heterocycles. The number of aliphatic hydroxyl groups is 1. The first-order valence-corrected chi connectivity index (χ1v) is 6.73. The molecule has 1 fully saturated rings. The Morgan fingerprint density at radius 1 is 1.74 bits per heavy atom. The van der Waals surface area contributed by atoms with Crippen molar-refractivity contribution >= 4 is 26.3 Å². The summed E-state index contributed by atoms with van der Waals surface area (Å²) in [5, 5.41) is 8.86. The lowest BCUT2D eigenvalue weighted by molar-refractivity contribution is -0.00677. The van der Waals surface area contributed by atoms with Crippen molar-refractivity contribution in [2.75, 3.05) is 18.1 Å². The number of anilines is 1. The minimum atomic E-state index is -0.833. The smallest absolute Gasteiger partial charge is 0.351 e. The van der Waals surface area contributed by atoms with Gasteiger partial charge >= 0.3 is 14.4 Å². The monoisotopic (exact) mass is 311 g/mol. The normalized spacial score (nSPS) is 22.1. The number of aromatic nitrogens is 2. The van der Waals surface area contributed by atoms with Gasteiger partial charge in [-0.2, -0.15) is 4.98 Å². The van der Waals surface area contributed by atoms with Crippen LogP contribution in [0.4, 0.5) is 10.2 Å². The Morgan fingerprint density at radius 3 is 2.89 bits per heavy atom. The SMILES string of the molecule is Nc1nc(=O)n([C@@H]2CS[C@H](CO)O2)cc1F.O=PO. The van der Waals surface area contributed by atoms with E-state index < -0.39 is 37.7 Å². The van der Waals surface area contributed by atoms with Gasteiger partial charge in [-0.25, -0.2) is 13.8 Å². The van der Waals surface area contributed by atoms with E-state index in [0.29, 0.717) is 5.75 Å². The molecule has 0 saturated carbocycles. The lowest BCUT2D eigenvalue weighted by Gasteiger charge is -2.13. The number of aliphatic hydroxyl groups excluding tert-OH is 1. The topological polar surface area (TPSA) is 128 Å². The predicted molar refractivity (Wildman–Crippen MR) is 66.1 cm³/mol. The summed E-state index contributed by atoms with van der Waals surface area (Å²) >= 11 is 1.35. The molecule has 0 aliphatic carbocycles. The van der Waals surface area contributed by atoms with Crippen LogP contribution in [-0.4, -0.2) is 37.3 Å². The zero-order valence-corrected chi connectivity index (χ0v) is 11.2. The molecule has 0 aromatic carbocycles. The van der Waals surface area contributed by atoms with E-state index in [-0.39, 0.29) is 6.61 Å². The van der Waals surface area contributed by atoms with Gasteiger partial charge in [-0.15, -0.1) is 11.8 Å². The van der Waals surface area contributed by atoms with E-state index in [1.165, 1.54) is 11.8 Å². The summed E-state index contributed by atoms with van der Waals surface area (Å²) in [7, 11) is -0.833. The largest absolute Gasteiger partial charge is 0.393 e. The number of nitrogens with two attached hydrogens (primary N) is 1. The van der Waals surface area contributed by atoms with Gasteiger partial charge in [0.25, 0.3) is 0 Å². The van der Waals surface area contributed by atoms with Gasteiger partial charge in [0, 0.05) is 5.75 Å². The number of hydrogen-bond acceptors (Lipinski definition) is 7. The molecule has 2 rings (SSSR count). The van der Waals surface area contributed by atoms with Crippen LogP contribution in [0.1, 0.15) is 6.23 Å². The molecule has 1 aromatic rings. The van der Waals surface area contributed by atoms with Crippen molar-refractivity contribution < 1.29 is 23.7 Å². The second kappa shape index (κ2) is 7.51. The zero-order valence-electron chi connectivity index (χ0n) is 9.47. The first-order valence-electron chi connectivity index (χ1n) is 4.92. The Labute approximate surface area is 112 Å². The van der Waals surface area contributed by atoms with E-state index in [4.69, 9.17) is 25.0 Å². The summed E-state index contributed by atoms with van der Waals surface area (Å²) in [6, 6.07) is 0. The summed E-state index contributed by atoms with van der Waals surface area (Å²) in [5.41, 5.74) is 4.10. The molecular weight excluding hydrogens is 300 g/mol. The molecule has 0 unspecified atom stereocenters. The summed E-state index contributed by atoms with van der Waals surface area (Å²) in [6.07, 6.45) is 0.354. The Morgan fingerprint density at radius 2 is 2.37 bits per heavy atom. The molecule has 0 bridgehead atoms. The van der Waals surface area contributed by atoms with Gasteiger partial charge in [0.1, 0.15) is 11.7 Å². The molecule has 1 aliphatic rings. The number of halogens is 1. The van der Waals surface area contributed by atoms with Crippen molar-refractivity contribution in [3.63, 3.8) is 0 Å². The van der Waals surface area contributed by atoms with Crippen molar-refractivity contribution in [3.8, 4) is 0 Å². The number of ether oxygens (including phenoxy) is 1. The van der Waals surface area contributed by atoms with Crippen LogP contribution in [0.3, 0.4) is 0 Å². The molecule has 106 valence electrons. The highest BCUT2D eigenvalue weighted by molar-refractivity contribution is 8.00. The Balaban J connectivity index is 0.000000550. The van der Waals surface area contributed by atoms with E-state index in [1.807, 2.05) is 0 Å². The molecule has 1 aliphatic heterocycles. The first kappa shape index (κ1) is 16.0. The summed E-state index contributed by atoms with van der Waals surface area (Å²) in [4.78, 5) is 21.7. The summed E-state index contributed by atoms with van der Waals surface area (Å²) in [6.45, 7) is -0.152. The van der Waals surface area contributed by atoms with E-state index >= 15 is 0 Å². The maximum Gasteiger partial charge on any atom is 0.351 e. The van der Waals surface area contributed by atoms with Gasteiger partial charge in [0.15, 0.2) is 11.6 Å². The van der Waals surface area contributed by atoms with Crippen molar-refractivity contribution in [1.29, 1.82) is 0 Å². The van der Waals surface area contributed by atoms with Crippen LogP contribution in [0.5, 0.6) is 0 Å². The van der Waals surface area contributed by atoms with Gasteiger partial charge in [0.05, 0.1) is 12.8 Å². The van der Waals surface area contributed by atoms with Crippen LogP contribution < -0.4 is 11.4 Å². The predicted octanol–water partition coefficient (Wildman–Crippen LogP) is -0.270. The molecule has 4 N–H and O–H groups in total. The van der Waals surface area contributed by atoms with Crippen molar-refractivity contribution in [2.24, 2.45) is 0 Å². The second-order valence-corrected chi connectivity index (χ2v) is 4.64. The fraction of sp³-hybridized carbons (Fsp3) is 0.500. The second-order valence-electron chi connectivity index (χ2n) is 3.28. The zero-order chi connectivity index (χ0) is 14.4. The van der Waals surface area contributed by atoms with Gasteiger partial charge in [-0.3, -0.25) is 4.57 Å². The van der Waals surface area contributed by atoms with Crippen molar-refractivity contribution in [3.05, 3.63) is 22.5 Å². The van der Waals surface area contributed by atoms with Crippen LogP contribution in [0.2, 0.25) is 0 Å². The number of rotatable bonds is 2. The molecule has 2 atom stereocenters. The number of nitrogen functional groups attached to an aromatic ring is 1. The maximum absolute atomic E-state index is 13.1. The number of nitrogens with zero attached hydrogens (tertiary/aromatic N) is 2. The lowest BCUT2D eigenvalue weighted by Crippen LogP contribution is -2.29. The Kier molecular flexibility index (Phi) is 6.32. The molecule has 0 radical (unpaired) electrons.